The summed E-state index contributed by atoms with van der Waals surface area (Å²) >= 11 is 0. The molecule has 1 aliphatic heterocycles. The summed E-state index contributed by atoms with van der Waals surface area (Å²) in [5.74, 6) is 1.05. The van der Waals surface area contributed by atoms with Crippen molar-refractivity contribution in [1.29, 1.82) is 0 Å². The van der Waals surface area contributed by atoms with E-state index in [1.54, 1.807) is 0 Å². The summed E-state index contributed by atoms with van der Waals surface area (Å²) in [5.41, 5.74) is 3.85. The van der Waals surface area contributed by atoms with Gasteiger partial charge in [0.05, 0.1) is 22.5 Å². The van der Waals surface area contributed by atoms with Gasteiger partial charge < -0.3 is 10.2 Å². The number of carbonyl (C=O) groups excluding carboxylic acids is 1. The van der Waals surface area contributed by atoms with Crippen LogP contribution in [0, 0.1) is 19.8 Å². The molecule has 3 aromatic rings. The molecule has 1 aliphatic rings. The second-order valence-corrected chi connectivity index (χ2v) is 7.32. The van der Waals surface area contributed by atoms with E-state index in [0.29, 0.717) is 6.54 Å². The standard InChI is InChI=1S/C21H26N6O/c1-4-22-21(28)16-10-12-26(13-11-16)20-19-18(14(2)23-24-20)15(3)27(25-19)17-8-6-5-7-9-17/h5-9,16H,4,10-13H2,1-3H3,(H,22,28). The van der Waals surface area contributed by atoms with Crippen molar-refractivity contribution in [3.63, 3.8) is 0 Å². The Labute approximate surface area is 164 Å². The lowest BCUT2D eigenvalue weighted by Crippen LogP contribution is -2.41. The minimum atomic E-state index is 0.0775. The number of carbonyl (C=O) groups is 1. The first-order valence-electron chi connectivity index (χ1n) is 9.90. The van der Waals surface area contributed by atoms with Crippen LogP contribution >= 0.6 is 0 Å². The Kier molecular flexibility index (Phi) is 4.98. The van der Waals surface area contributed by atoms with E-state index in [2.05, 4.69) is 27.3 Å². The number of benzene rings is 1. The van der Waals surface area contributed by atoms with Crippen LogP contribution < -0.4 is 10.2 Å². The number of nitrogens with one attached hydrogen (secondary N) is 1. The van der Waals surface area contributed by atoms with Gasteiger partial charge in [-0.2, -0.15) is 10.2 Å². The molecule has 7 heteroatoms. The third kappa shape index (κ3) is 3.21. The van der Waals surface area contributed by atoms with Crippen molar-refractivity contribution in [2.45, 2.75) is 33.6 Å². The number of aromatic nitrogens is 4. The molecule has 0 unspecified atom stereocenters. The molecule has 1 amide bonds. The zero-order valence-electron chi connectivity index (χ0n) is 16.6. The molecule has 0 bridgehead atoms. The zero-order chi connectivity index (χ0) is 19.7. The smallest absolute Gasteiger partial charge is 0.223 e. The molecule has 2 aromatic heterocycles. The van der Waals surface area contributed by atoms with Crippen LogP contribution in [0.4, 0.5) is 5.82 Å². The number of anilines is 1. The molecule has 7 nitrogen and oxygen atoms in total. The summed E-state index contributed by atoms with van der Waals surface area (Å²) in [6.07, 6.45) is 1.64. The lowest BCUT2D eigenvalue weighted by atomic mass is 9.96. The highest BCUT2D eigenvalue weighted by atomic mass is 16.1. The minimum absolute atomic E-state index is 0.0775. The maximum Gasteiger partial charge on any atom is 0.223 e. The van der Waals surface area contributed by atoms with E-state index in [1.165, 1.54) is 0 Å². The second-order valence-electron chi connectivity index (χ2n) is 7.32. The number of amides is 1. The molecule has 0 atom stereocenters. The average Bonchev–Trinajstić information content (AvgIpc) is 3.07. The maximum absolute atomic E-state index is 12.1. The van der Waals surface area contributed by atoms with Gasteiger partial charge >= 0.3 is 0 Å². The van der Waals surface area contributed by atoms with Gasteiger partial charge in [0.2, 0.25) is 5.91 Å². The summed E-state index contributed by atoms with van der Waals surface area (Å²) in [5, 5.41) is 17.8. The Bertz CT molecular complexity index is 989. The Hall–Kier alpha value is -2.96. The fourth-order valence-corrected chi connectivity index (χ4v) is 4.02. The summed E-state index contributed by atoms with van der Waals surface area (Å²) < 4.78 is 1.96. The molecule has 0 spiro atoms. The van der Waals surface area contributed by atoms with Gasteiger partial charge in [0, 0.05) is 25.6 Å². The Morgan fingerprint density at radius 3 is 2.54 bits per heavy atom. The molecule has 1 fully saturated rings. The molecule has 0 saturated carbocycles. The molecule has 1 aromatic carbocycles. The van der Waals surface area contributed by atoms with Crippen molar-refractivity contribution in [3.8, 4) is 5.69 Å². The van der Waals surface area contributed by atoms with Crippen LogP contribution in [0.3, 0.4) is 0 Å². The third-order valence-corrected chi connectivity index (χ3v) is 5.50. The average molecular weight is 378 g/mol. The van der Waals surface area contributed by atoms with Gasteiger partial charge in [-0.25, -0.2) is 4.68 Å². The number of hydrogen-bond acceptors (Lipinski definition) is 5. The van der Waals surface area contributed by atoms with Crippen molar-refractivity contribution in [3.05, 3.63) is 41.7 Å². The molecule has 0 aliphatic carbocycles. The van der Waals surface area contributed by atoms with Crippen LogP contribution in [0.2, 0.25) is 0 Å². The Balaban J connectivity index is 1.68. The Morgan fingerprint density at radius 2 is 1.86 bits per heavy atom. The Morgan fingerprint density at radius 1 is 1.14 bits per heavy atom. The van der Waals surface area contributed by atoms with Gasteiger partial charge in [-0.1, -0.05) is 18.2 Å². The predicted molar refractivity (Wildman–Crippen MR) is 110 cm³/mol. The van der Waals surface area contributed by atoms with Gasteiger partial charge in [0.1, 0.15) is 5.52 Å². The van der Waals surface area contributed by atoms with Crippen LogP contribution in [0.15, 0.2) is 30.3 Å². The number of rotatable bonds is 4. The summed E-state index contributed by atoms with van der Waals surface area (Å²) in [7, 11) is 0. The number of para-hydroxylation sites is 1. The van der Waals surface area contributed by atoms with Gasteiger partial charge in [-0.3, -0.25) is 4.79 Å². The first-order chi connectivity index (χ1) is 13.6. The van der Waals surface area contributed by atoms with Gasteiger partial charge in [-0.05, 0) is 45.7 Å². The molecule has 3 heterocycles. The first-order valence-corrected chi connectivity index (χ1v) is 9.90. The summed E-state index contributed by atoms with van der Waals surface area (Å²) in [4.78, 5) is 14.3. The monoisotopic (exact) mass is 378 g/mol. The largest absolute Gasteiger partial charge is 0.356 e. The highest BCUT2D eigenvalue weighted by Gasteiger charge is 2.28. The lowest BCUT2D eigenvalue weighted by molar-refractivity contribution is -0.125. The van der Waals surface area contributed by atoms with E-state index in [0.717, 1.165) is 59.7 Å². The number of aryl methyl sites for hydroxylation is 2. The van der Waals surface area contributed by atoms with Crippen molar-refractivity contribution in [2.75, 3.05) is 24.5 Å². The van der Waals surface area contributed by atoms with E-state index in [-0.39, 0.29) is 11.8 Å². The number of fused-ring (bicyclic) bond motifs is 1. The highest BCUT2D eigenvalue weighted by molar-refractivity contribution is 5.92. The topological polar surface area (TPSA) is 75.9 Å². The predicted octanol–water partition coefficient (Wildman–Crippen LogP) is 2.78. The number of hydrogen-bond donors (Lipinski definition) is 1. The van der Waals surface area contributed by atoms with E-state index in [9.17, 15) is 4.79 Å². The van der Waals surface area contributed by atoms with Crippen LogP contribution in [0.25, 0.3) is 16.6 Å². The summed E-state index contributed by atoms with van der Waals surface area (Å²) in [6, 6.07) is 10.1. The van der Waals surface area contributed by atoms with Crippen molar-refractivity contribution < 1.29 is 4.79 Å². The molecule has 1 N–H and O–H groups in total. The molecule has 146 valence electrons. The maximum atomic E-state index is 12.1. The fourth-order valence-electron chi connectivity index (χ4n) is 4.02. The molecule has 1 saturated heterocycles. The normalized spacial score (nSPS) is 15.2. The van der Waals surface area contributed by atoms with Crippen molar-refractivity contribution in [1.82, 2.24) is 25.3 Å². The van der Waals surface area contributed by atoms with Crippen molar-refractivity contribution >= 4 is 22.6 Å². The summed E-state index contributed by atoms with van der Waals surface area (Å²) in [6.45, 7) is 8.25. The van der Waals surface area contributed by atoms with Crippen LogP contribution in [0.1, 0.15) is 31.2 Å². The van der Waals surface area contributed by atoms with E-state index < -0.39 is 0 Å². The van der Waals surface area contributed by atoms with Crippen LogP contribution in [-0.2, 0) is 4.79 Å². The molecular weight excluding hydrogens is 352 g/mol. The van der Waals surface area contributed by atoms with Crippen molar-refractivity contribution in [2.24, 2.45) is 5.92 Å². The molecule has 28 heavy (non-hydrogen) atoms. The van der Waals surface area contributed by atoms with Crippen LogP contribution in [0.5, 0.6) is 0 Å². The molecular formula is C21H26N6O. The SMILES string of the molecule is CCNC(=O)C1CCN(c2nnc(C)c3c(C)n(-c4ccccc4)nc23)CC1. The number of nitrogens with zero attached hydrogens (tertiary/aromatic N) is 5. The lowest BCUT2D eigenvalue weighted by Gasteiger charge is -2.31. The fraction of sp³-hybridized carbons (Fsp3) is 0.429. The zero-order valence-corrected chi connectivity index (χ0v) is 16.6. The van der Waals surface area contributed by atoms with E-state index in [4.69, 9.17) is 5.10 Å². The highest BCUT2D eigenvalue weighted by Crippen LogP contribution is 2.31. The molecule has 4 rings (SSSR count). The minimum Gasteiger partial charge on any atom is -0.356 e. The van der Waals surface area contributed by atoms with E-state index in [1.807, 2.05) is 48.9 Å². The quantitative estimate of drug-likeness (QED) is 0.755. The van der Waals surface area contributed by atoms with Crippen LogP contribution in [-0.4, -0.2) is 45.5 Å². The number of piperidine rings is 1. The van der Waals surface area contributed by atoms with Gasteiger partial charge in [-0.15, -0.1) is 5.10 Å². The third-order valence-electron chi connectivity index (χ3n) is 5.50. The first kappa shape index (κ1) is 18.4. The van der Waals surface area contributed by atoms with Gasteiger partial charge in [0.25, 0.3) is 0 Å². The second kappa shape index (κ2) is 7.58. The molecule has 0 radical (unpaired) electrons. The van der Waals surface area contributed by atoms with Gasteiger partial charge in [0.15, 0.2) is 5.82 Å². The van der Waals surface area contributed by atoms with E-state index >= 15 is 0 Å².